The highest BCUT2D eigenvalue weighted by atomic mass is 35.5. The van der Waals surface area contributed by atoms with Crippen LogP contribution in [0.15, 0.2) is 18.2 Å². The highest BCUT2D eigenvalue weighted by Crippen LogP contribution is 2.32. The summed E-state index contributed by atoms with van der Waals surface area (Å²) in [4.78, 5) is 25.3. The molecule has 2 N–H and O–H groups in total. The molecular weight excluding hydrogens is 282 g/mol. The standard InChI is InChI=1S/C14H16ClNO4/c1-14(13(19)20)6-2-3-7-16(14)12(18)10-8-9(15)4-5-11(10)17/h4-5,8,17H,2-3,6-7H2,1H3,(H,19,20). The number of aliphatic carboxylic acids is 1. The number of carbonyl (C=O) groups is 2. The molecular formula is C14H16ClNO4. The van der Waals surface area contributed by atoms with E-state index in [1.54, 1.807) is 0 Å². The first-order valence-electron chi connectivity index (χ1n) is 6.40. The predicted molar refractivity (Wildman–Crippen MR) is 74.0 cm³/mol. The Morgan fingerprint density at radius 1 is 1.35 bits per heavy atom. The van der Waals surface area contributed by atoms with E-state index in [1.807, 2.05) is 0 Å². The molecule has 1 aromatic rings. The smallest absolute Gasteiger partial charge is 0.329 e. The lowest BCUT2D eigenvalue weighted by Crippen LogP contribution is -2.57. The van der Waals surface area contributed by atoms with Crippen molar-refractivity contribution in [2.45, 2.75) is 31.7 Å². The topological polar surface area (TPSA) is 77.8 Å². The van der Waals surface area contributed by atoms with Gasteiger partial charge in [-0.05, 0) is 44.4 Å². The van der Waals surface area contributed by atoms with Crippen molar-refractivity contribution in [3.05, 3.63) is 28.8 Å². The van der Waals surface area contributed by atoms with E-state index in [0.29, 0.717) is 18.0 Å². The van der Waals surface area contributed by atoms with Crippen LogP contribution in [0.3, 0.4) is 0 Å². The Morgan fingerprint density at radius 2 is 2.05 bits per heavy atom. The van der Waals surface area contributed by atoms with E-state index in [-0.39, 0.29) is 11.3 Å². The fraction of sp³-hybridized carbons (Fsp3) is 0.429. The Labute approximate surface area is 121 Å². The van der Waals surface area contributed by atoms with E-state index in [1.165, 1.54) is 30.0 Å². The average Bonchev–Trinajstić information content (AvgIpc) is 2.41. The van der Waals surface area contributed by atoms with Crippen LogP contribution in [0.1, 0.15) is 36.5 Å². The summed E-state index contributed by atoms with van der Waals surface area (Å²) in [6.07, 6.45) is 1.90. The van der Waals surface area contributed by atoms with E-state index in [2.05, 4.69) is 0 Å². The lowest BCUT2D eigenvalue weighted by molar-refractivity contribution is -0.150. The largest absolute Gasteiger partial charge is 0.507 e. The van der Waals surface area contributed by atoms with Gasteiger partial charge in [-0.1, -0.05) is 11.6 Å². The third-order valence-electron chi connectivity index (χ3n) is 3.79. The minimum atomic E-state index is -1.25. The lowest BCUT2D eigenvalue weighted by Gasteiger charge is -2.41. The Hall–Kier alpha value is -1.75. The average molecular weight is 298 g/mol. The quantitative estimate of drug-likeness (QED) is 0.879. The molecule has 1 aromatic carbocycles. The van der Waals surface area contributed by atoms with Gasteiger partial charge in [0.15, 0.2) is 0 Å². The van der Waals surface area contributed by atoms with Gasteiger partial charge >= 0.3 is 5.97 Å². The molecule has 0 saturated carbocycles. The number of benzene rings is 1. The Morgan fingerprint density at radius 3 is 2.70 bits per heavy atom. The number of halogens is 1. The fourth-order valence-electron chi connectivity index (χ4n) is 2.49. The molecule has 1 atom stereocenters. The molecule has 0 aliphatic carbocycles. The van der Waals surface area contributed by atoms with Crippen LogP contribution in [0.2, 0.25) is 5.02 Å². The zero-order chi connectivity index (χ0) is 14.9. The number of carboxylic acids is 1. The second-order valence-corrected chi connectivity index (χ2v) is 5.59. The van der Waals surface area contributed by atoms with Crippen LogP contribution in [-0.2, 0) is 4.79 Å². The maximum atomic E-state index is 12.5. The molecule has 0 aromatic heterocycles. The number of hydrogen-bond acceptors (Lipinski definition) is 3. The zero-order valence-electron chi connectivity index (χ0n) is 11.1. The zero-order valence-corrected chi connectivity index (χ0v) is 11.9. The molecule has 1 aliphatic heterocycles. The molecule has 2 rings (SSSR count). The van der Waals surface area contributed by atoms with Crippen LogP contribution >= 0.6 is 11.6 Å². The number of phenolic OH excluding ortho intramolecular Hbond substituents is 1. The first kappa shape index (κ1) is 14.7. The second kappa shape index (κ2) is 5.32. The third kappa shape index (κ3) is 2.45. The van der Waals surface area contributed by atoms with Gasteiger partial charge < -0.3 is 15.1 Å². The van der Waals surface area contributed by atoms with Gasteiger partial charge in [0, 0.05) is 11.6 Å². The molecule has 108 valence electrons. The van der Waals surface area contributed by atoms with Gasteiger partial charge in [0.05, 0.1) is 5.56 Å². The van der Waals surface area contributed by atoms with Gasteiger partial charge in [0.25, 0.3) is 5.91 Å². The molecule has 0 spiro atoms. The molecule has 0 bridgehead atoms. The summed E-state index contributed by atoms with van der Waals surface area (Å²) in [5.74, 6) is -1.74. The van der Waals surface area contributed by atoms with Gasteiger partial charge in [0.2, 0.25) is 0 Å². The molecule has 6 heteroatoms. The fourth-order valence-corrected chi connectivity index (χ4v) is 2.67. The van der Waals surface area contributed by atoms with Crippen LogP contribution in [-0.4, -0.2) is 39.1 Å². The number of amides is 1. The van der Waals surface area contributed by atoms with E-state index >= 15 is 0 Å². The number of phenols is 1. The molecule has 1 heterocycles. The number of rotatable bonds is 2. The van der Waals surface area contributed by atoms with Crippen molar-refractivity contribution < 1.29 is 19.8 Å². The first-order chi connectivity index (χ1) is 9.36. The molecule has 20 heavy (non-hydrogen) atoms. The number of piperidine rings is 1. The van der Waals surface area contributed by atoms with Crippen molar-refractivity contribution >= 4 is 23.5 Å². The van der Waals surface area contributed by atoms with Gasteiger partial charge in [-0.3, -0.25) is 4.79 Å². The Bertz CT molecular complexity index is 560. The minimum Gasteiger partial charge on any atom is -0.507 e. The van der Waals surface area contributed by atoms with Crippen molar-refractivity contribution in [3.8, 4) is 5.75 Å². The van der Waals surface area contributed by atoms with Crippen molar-refractivity contribution in [1.82, 2.24) is 4.90 Å². The third-order valence-corrected chi connectivity index (χ3v) is 4.02. The maximum absolute atomic E-state index is 12.5. The Balaban J connectivity index is 2.40. The van der Waals surface area contributed by atoms with Crippen LogP contribution in [0.25, 0.3) is 0 Å². The van der Waals surface area contributed by atoms with E-state index < -0.39 is 17.4 Å². The Kier molecular flexibility index (Phi) is 3.90. The number of carbonyl (C=O) groups excluding carboxylic acids is 1. The summed E-state index contributed by atoms with van der Waals surface area (Å²) in [6, 6.07) is 4.16. The highest BCUT2D eigenvalue weighted by molar-refractivity contribution is 6.31. The molecule has 1 unspecified atom stereocenters. The van der Waals surface area contributed by atoms with Gasteiger partial charge in [-0.25, -0.2) is 4.79 Å². The van der Waals surface area contributed by atoms with Crippen LogP contribution in [0, 0.1) is 0 Å². The molecule has 1 fully saturated rings. The number of aromatic hydroxyl groups is 1. The number of likely N-dealkylation sites (tertiary alicyclic amines) is 1. The molecule has 5 nitrogen and oxygen atoms in total. The summed E-state index contributed by atoms with van der Waals surface area (Å²) in [5.41, 5.74) is -1.21. The van der Waals surface area contributed by atoms with Crippen molar-refractivity contribution in [1.29, 1.82) is 0 Å². The van der Waals surface area contributed by atoms with E-state index in [0.717, 1.165) is 12.8 Å². The number of carboxylic acid groups (broad SMARTS) is 1. The molecule has 0 radical (unpaired) electrons. The van der Waals surface area contributed by atoms with E-state index in [9.17, 15) is 19.8 Å². The normalized spacial score (nSPS) is 22.6. The van der Waals surface area contributed by atoms with Gasteiger partial charge in [0.1, 0.15) is 11.3 Å². The van der Waals surface area contributed by atoms with Crippen molar-refractivity contribution in [2.24, 2.45) is 0 Å². The minimum absolute atomic E-state index is 0.0341. The van der Waals surface area contributed by atoms with Crippen LogP contribution < -0.4 is 0 Å². The highest BCUT2D eigenvalue weighted by Gasteiger charge is 2.44. The first-order valence-corrected chi connectivity index (χ1v) is 6.78. The number of hydrogen-bond donors (Lipinski definition) is 2. The summed E-state index contributed by atoms with van der Waals surface area (Å²) in [6.45, 7) is 1.89. The van der Waals surface area contributed by atoms with Crippen LogP contribution in [0.5, 0.6) is 5.75 Å². The predicted octanol–water partition coefficient (Wildman–Crippen LogP) is 2.52. The lowest BCUT2D eigenvalue weighted by atomic mass is 9.87. The summed E-state index contributed by atoms with van der Waals surface area (Å²) < 4.78 is 0. The van der Waals surface area contributed by atoms with Gasteiger partial charge in [-0.15, -0.1) is 0 Å². The maximum Gasteiger partial charge on any atom is 0.329 e. The van der Waals surface area contributed by atoms with E-state index in [4.69, 9.17) is 11.6 Å². The van der Waals surface area contributed by atoms with Gasteiger partial charge in [-0.2, -0.15) is 0 Å². The molecule has 1 amide bonds. The molecule has 1 aliphatic rings. The second-order valence-electron chi connectivity index (χ2n) is 5.15. The molecule has 1 saturated heterocycles. The summed E-state index contributed by atoms with van der Waals surface area (Å²) in [5, 5.41) is 19.5. The van der Waals surface area contributed by atoms with Crippen molar-refractivity contribution in [3.63, 3.8) is 0 Å². The number of nitrogens with zero attached hydrogens (tertiary/aromatic N) is 1. The van der Waals surface area contributed by atoms with Crippen molar-refractivity contribution in [2.75, 3.05) is 6.54 Å². The SMILES string of the molecule is CC1(C(=O)O)CCCCN1C(=O)c1cc(Cl)ccc1O. The monoisotopic (exact) mass is 297 g/mol. The van der Waals surface area contributed by atoms with Crippen LogP contribution in [0.4, 0.5) is 0 Å². The summed E-state index contributed by atoms with van der Waals surface area (Å²) >= 11 is 5.84. The summed E-state index contributed by atoms with van der Waals surface area (Å²) in [7, 11) is 0.